The summed E-state index contributed by atoms with van der Waals surface area (Å²) in [6, 6.07) is 13.0. The zero-order valence-corrected chi connectivity index (χ0v) is 18.3. The summed E-state index contributed by atoms with van der Waals surface area (Å²) < 4.78 is 18.7. The van der Waals surface area contributed by atoms with Gasteiger partial charge in [-0.15, -0.1) is 0 Å². The number of aromatic nitrogens is 2. The zero-order valence-electron chi connectivity index (χ0n) is 18.3. The molecule has 4 rings (SSSR count). The number of rotatable bonds is 7. The van der Waals surface area contributed by atoms with Crippen molar-refractivity contribution in [3.63, 3.8) is 0 Å². The highest BCUT2D eigenvalue weighted by Crippen LogP contribution is 2.44. The maximum absolute atomic E-state index is 13.3. The molecule has 0 spiro atoms. The van der Waals surface area contributed by atoms with Crippen LogP contribution in [0.4, 0.5) is 5.95 Å². The molecule has 1 atom stereocenters. The minimum absolute atomic E-state index is 0.293. The quantitative estimate of drug-likeness (QED) is 0.558. The topological polar surface area (TPSA) is 74.6 Å². The largest absolute Gasteiger partial charge is 0.497 e. The summed E-state index contributed by atoms with van der Waals surface area (Å²) in [4.78, 5) is 18.1. The Morgan fingerprint density at radius 1 is 1.13 bits per heavy atom. The number of para-hydroxylation sites is 2. The zero-order chi connectivity index (χ0) is 22.0. The minimum atomic E-state index is -0.478. The van der Waals surface area contributed by atoms with E-state index in [1.165, 1.54) is 0 Å². The summed E-state index contributed by atoms with van der Waals surface area (Å²) >= 11 is 0. The van der Waals surface area contributed by atoms with Crippen LogP contribution in [0.15, 0.2) is 53.7 Å². The van der Waals surface area contributed by atoms with Crippen LogP contribution in [0.2, 0.25) is 0 Å². The van der Waals surface area contributed by atoms with E-state index in [-0.39, 0.29) is 5.97 Å². The Balaban J connectivity index is 2.05. The Labute approximate surface area is 181 Å². The summed E-state index contributed by atoms with van der Waals surface area (Å²) in [5.41, 5.74) is 3.95. The van der Waals surface area contributed by atoms with Crippen molar-refractivity contribution in [2.24, 2.45) is 0 Å². The van der Waals surface area contributed by atoms with Crippen LogP contribution >= 0.6 is 0 Å². The molecule has 0 saturated heterocycles. The Morgan fingerprint density at radius 2 is 1.94 bits per heavy atom. The fourth-order valence-corrected chi connectivity index (χ4v) is 4.13. The number of esters is 1. The van der Waals surface area contributed by atoms with E-state index in [0.29, 0.717) is 36.0 Å². The lowest BCUT2D eigenvalue weighted by molar-refractivity contribution is -0.139. The third-order valence-electron chi connectivity index (χ3n) is 5.44. The molecule has 2 heterocycles. The molecule has 1 aromatic heterocycles. The normalized spacial score (nSPS) is 15.4. The minimum Gasteiger partial charge on any atom is -0.497 e. The molecule has 3 aromatic rings. The van der Waals surface area contributed by atoms with E-state index >= 15 is 0 Å². The smallest absolute Gasteiger partial charge is 0.338 e. The number of allylic oxidation sites excluding steroid dienone is 1. The summed E-state index contributed by atoms with van der Waals surface area (Å²) in [6.07, 6.45) is 1.56. The maximum atomic E-state index is 13.3. The Morgan fingerprint density at radius 3 is 2.65 bits per heavy atom. The van der Waals surface area contributed by atoms with Gasteiger partial charge in [0.1, 0.15) is 11.5 Å². The van der Waals surface area contributed by atoms with Crippen LogP contribution in [0.25, 0.3) is 11.0 Å². The summed E-state index contributed by atoms with van der Waals surface area (Å²) in [5.74, 6) is 1.68. The molecular weight excluding hydrogens is 394 g/mol. The molecule has 0 aliphatic carbocycles. The molecule has 1 unspecified atom stereocenters. The summed E-state index contributed by atoms with van der Waals surface area (Å²) in [6.45, 7) is 4.19. The van der Waals surface area contributed by atoms with Crippen LogP contribution in [0.3, 0.4) is 0 Å². The van der Waals surface area contributed by atoms with Crippen molar-refractivity contribution in [2.75, 3.05) is 26.1 Å². The lowest BCUT2D eigenvalue weighted by Crippen LogP contribution is -2.30. The first-order chi connectivity index (χ1) is 15.1. The first-order valence-electron chi connectivity index (χ1n) is 10.5. The highest BCUT2D eigenvalue weighted by atomic mass is 16.5. The van der Waals surface area contributed by atoms with Crippen molar-refractivity contribution >= 4 is 23.0 Å². The Bertz CT molecular complexity index is 1150. The maximum Gasteiger partial charge on any atom is 0.338 e. The molecule has 0 saturated carbocycles. The Kier molecular flexibility index (Phi) is 5.84. The summed E-state index contributed by atoms with van der Waals surface area (Å²) in [5, 5.41) is 3.40. The number of hydrogen-bond acceptors (Lipinski definition) is 6. The number of benzene rings is 2. The highest BCUT2D eigenvalue weighted by molar-refractivity contribution is 5.94. The second-order valence-electron chi connectivity index (χ2n) is 7.29. The van der Waals surface area contributed by atoms with E-state index in [4.69, 9.17) is 19.2 Å². The van der Waals surface area contributed by atoms with Crippen molar-refractivity contribution in [1.29, 1.82) is 0 Å². The molecule has 31 heavy (non-hydrogen) atoms. The standard InChI is InChI=1S/C24H27N3O4/c1-5-9-18-21(23(28)31-6-2)22(16-14-15(29-3)12-13-20(16)30-4)27-19-11-8-7-10-17(19)25-24(27)26-18/h7-8,10-14,22H,5-6,9H2,1-4H3,(H,25,26). The Hall–Kier alpha value is -3.48. The van der Waals surface area contributed by atoms with Crippen LogP contribution in [0.5, 0.6) is 11.5 Å². The number of fused-ring (bicyclic) bond motifs is 3. The van der Waals surface area contributed by atoms with Gasteiger partial charge < -0.3 is 19.5 Å². The predicted octanol–water partition coefficient (Wildman–Crippen LogP) is 4.69. The van der Waals surface area contributed by atoms with Gasteiger partial charge in [0.2, 0.25) is 5.95 Å². The van der Waals surface area contributed by atoms with Crippen LogP contribution in [0, 0.1) is 0 Å². The van der Waals surface area contributed by atoms with Crippen LogP contribution < -0.4 is 14.8 Å². The number of carbonyl (C=O) groups is 1. The predicted molar refractivity (Wildman–Crippen MR) is 120 cm³/mol. The second kappa shape index (κ2) is 8.71. The van der Waals surface area contributed by atoms with Crippen molar-refractivity contribution in [1.82, 2.24) is 9.55 Å². The van der Waals surface area contributed by atoms with Crippen molar-refractivity contribution in [2.45, 2.75) is 32.7 Å². The van der Waals surface area contributed by atoms with Gasteiger partial charge in [-0.2, -0.15) is 0 Å². The van der Waals surface area contributed by atoms with Gasteiger partial charge in [-0.25, -0.2) is 9.78 Å². The lowest BCUT2D eigenvalue weighted by atomic mass is 9.92. The van der Waals surface area contributed by atoms with E-state index in [0.717, 1.165) is 28.7 Å². The van der Waals surface area contributed by atoms with Gasteiger partial charge in [-0.1, -0.05) is 25.5 Å². The first kappa shape index (κ1) is 20.8. The van der Waals surface area contributed by atoms with E-state index in [1.807, 2.05) is 54.0 Å². The lowest BCUT2D eigenvalue weighted by Gasteiger charge is -2.32. The number of ether oxygens (including phenoxy) is 3. The molecule has 7 nitrogen and oxygen atoms in total. The number of nitrogens with one attached hydrogen (secondary N) is 1. The molecule has 0 radical (unpaired) electrons. The van der Waals surface area contributed by atoms with E-state index < -0.39 is 6.04 Å². The van der Waals surface area contributed by atoms with Crippen LogP contribution in [-0.2, 0) is 9.53 Å². The number of nitrogens with zero attached hydrogens (tertiary/aromatic N) is 2. The number of hydrogen-bond donors (Lipinski definition) is 1. The third kappa shape index (κ3) is 3.60. The van der Waals surface area contributed by atoms with Crippen molar-refractivity contribution < 1.29 is 19.0 Å². The van der Waals surface area contributed by atoms with Gasteiger partial charge in [0.15, 0.2) is 0 Å². The number of anilines is 1. The van der Waals surface area contributed by atoms with Gasteiger partial charge in [0, 0.05) is 11.3 Å². The number of carbonyl (C=O) groups excluding carboxylic acids is 1. The molecule has 7 heteroatoms. The number of imidazole rings is 1. The van der Waals surface area contributed by atoms with E-state index in [2.05, 4.69) is 12.2 Å². The van der Waals surface area contributed by atoms with Gasteiger partial charge in [-0.3, -0.25) is 4.57 Å². The van der Waals surface area contributed by atoms with Crippen molar-refractivity contribution in [3.8, 4) is 11.5 Å². The SMILES string of the molecule is CCCC1=C(C(=O)OCC)C(c2cc(OC)ccc2OC)n2c(nc3ccccc32)N1. The molecule has 2 aromatic carbocycles. The molecule has 1 aliphatic rings. The van der Waals surface area contributed by atoms with Crippen LogP contribution in [0.1, 0.15) is 38.3 Å². The molecule has 1 aliphatic heterocycles. The monoisotopic (exact) mass is 421 g/mol. The van der Waals surface area contributed by atoms with Gasteiger partial charge in [0.05, 0.1) is 43.5 Å². The van der Waals surface area contributed by atoms with Crippen LogP contribution in [-0.4, -0.2) is 36.3 Å². The van der Waals surface area contributed by atoms with E-state index in [1.54, 1.807) is 14.2 Å². The summed E-state index contributed by atoms with van der Waals surface area (Å²) in [7, 11) is 3.25. The molecule has 0 fully saturated rings. The molecule has 0 bridgehead atoms. The number of methoxy groups -OCH3 is 2. The molecule has 1 N–H and O–H groups in total. The highest BCUT2D eigenvalue weighted by Gasteiger charge is 2.37. The fourth-order valence-electron chi connectivity index (χ4n) is 4.13. The second-order valence-corrected chi connectivity index (χ2v) is 7.29. The van der Waals surface area contributed by atoms with Gasteiger partial charge >= 0.3 is 5.97 Å². The third-order valence-corrected chi connectivity index (χ3v) is 5.44. The fraction of sp³-hybridized carbons (Fsp3) is 0.333. The van der Waals surface area contributed by atoms with E-state index in [9.17, 15) is 4.79 Å². The molecular formula is C24H27N3O4. The average molecular weight is 421 g/mol. The molecule has 0 amide bonds. The molecule has 162 valence electrons. The average Bonchev–Trinajstić information content (AvgIpc) is 3.16. The van der Waals surface area contributed by atoms with Gasteiger partial charge in [0.25, 0.3) is 0 Å². The van der Waals surface area contributed by atoms with Crippen molar-refractivity contribution in [3.05, 3.63) is 59.3 Å². The first-order valence-corrected chi connectivity index (χ1v) is 10.5. The van der Waals surface area contributed by atoms with Gasteiger partial charge in [-0.05, 0) is 43.7 Å².